The molecule has 2 aromatic rings. The van der Waals surface area contributed by atoms with Gasteiger partial charge in [-0.05, 0) is 18.6 Å². The summed E-state index contributed by atoms with van der Waals surface area (Å²) in [6, 6.07) is 5.96. The van der Waals surface area contributed by atoms with Gasteiger partial charge in [0.1, 0.15) is 5.82 Å². The van der Waals surface area contributed by atoms with Gasteiger partial charge in [0.2, 0.25) is 0 Å². The van der Waals surface area contributed by atoms with Gasteiger partial charge in [0.15, 0.2) is 5.82 Å². The molecule has 0 radical (unpaired) electrons. The highest BCUT2D eigenvalue weighted by molar-refractivity contribution is 5.05. The molecular formula is C12H16N4. The minimum absolute atomic E-state index is 0.375. The second-order valence-electron chi connectivity index (χ2n) is 4.12. The van der Waals surface area contributed by atoms with Crippen LogP contribution < -0.4 is 0 Å². The van der Waals surface area contributed by atoms with Crippen LogP contribution in [0.2, 0.25) is 0 Å². The highest BCUT2D eigenvalue weighted by Gasteiger charge is 2.06. The van der Waals surface area contributed by atoms with Crippen LogP contribution in [-0.2, 0) is 12.8 Å². The number of H-pyrrole nitrogens is 1. The molecule has 0 aromatic carbocycles. The molecule has 84 valence electrons. The standard InChI is InChI=1S/C12H16N4/c1-9(2)12-14-11(15-16-12)7-6-10-5-3-4-8-13-10/h3-5,8-9H,6-7H2,1-2H3,(H,14,15,16). The van der Waals surface area contributed by atoms with E-state index in [1.54, 1.807) is 0 Å². The summed E-state index contributed by atoms with van der Waals surface area (Å²) in [6.07, 6.45) is 3.57. The van der Waals surface area contributed by atoms with Crippen LogP contribution in [0.15, 0.2) is 24.4 Å². The zero-order valence-corrected chi connectivity index (χ0v) is 9.64. The molecule has 0 aliphatic heterocycles. The van der Waals surface area contributed by atoms with Crippen molar-refractivity contribution < 1.29 is 0 Å². The SMILES string of the molecule is CC(C)c1n[nH]c(CCc2ccccn2)n1. The van der Waals surface area contributed by atoms with E-state index >= 15 is 0 Å². The number of hydrogen-bond donors (Lipinski definition) is 1. The summed E-state index contributed by atoms with van der Waals surface area (Å²) in [5.74, 6) is 2.20. The highest BCUT2D eigenvalue weighted by atomic mass is 15.2. The average Bonchev–Trinajstić information content (AvgIpc) is 2.76. The predicted octanol–water partition coefficient (Wildman–Crippen LogP) is 2.11. The third-order valence-corrected chi connectivity index (χ3v) is 2.41. The van der Waals surface area contributed by atoms with Gasteiger partial charge in [-0.2, -0.15) is 5.10 Å². The van der Waals surface area contributed by atoms with E-state index in [4.69, 9.17) is 0 Å². The third kappa shape index (κ3) is 2.66. The third-order valence-electron chi connectivity index (χ3n) is 2.41. The van der Waals surface area contributed by atoms with E-state index in [9.17, 15) is 0 Å². The Balaban J connectivity index is 1.95. The summed E-state index contributed by atoms with van der Waals surface area (Å²) >= 11 is 0. The largest absolute Gasteiger partial charge is 0.263 e. The number of pyridine rings is 1. The number of nitrogens with one attached hydrogen (secondary N) is 1. The van der Waals surface area contributed by atoms with Crippen LogP contribution in [0.5, 0.6) is 0 Å². The Hall–Kier alpha value is -1.71. The summed E-state index contributed by atoms with van der Waals surface area (Å²) in [4.78, 5) is 8.70. The van der Waals surface area contributed by atoms with Gasteiger partial charge in [0.05, 0.1) is 0 Å². The monoisotopic (exact) mass is 216 g/mol. The van der Waals surface area contributed by atoms with Gasteiger partial charge in [-0.25, -0.2) is 4.98 Å². The van der Waals surface area contributed by atoms with E-state index in [2.05, 4.69) is 34.0 Å². The van der Waals surface area contributed by atoms with Gasteiger partial charge in [-0.3, -0.25) is 10.1 Å². The van der Waals surface area contributed by atoms with Crippen molar-refractivity contribution in [1.29, 1.82) is 0 Å². The maximum atomic E-state index is 4.43. The van der Waals surface area contributed by atoms with Crippen LogP contribution in [-0.4, -0.2) is 20.2 Å². The molecule has 0 atom stereocenters. The summed E-state index contributed by atoms with van der Waals surface area (Å²) in [6.45, 7) is 4.18. The second kappa shape index (κ2) is 4.88. The zero-order chi connectivity index (χ0) is 11.4. The number of aryl methyl sites for hydroxylation is 2. The molecule has 1 N–H and O–H groups in total. The molecule has 0 saturated carbocycles. The summed E-state index contributed by atoms with van der Waals surface area (Å²) in [5.41, 5.74) is 1.09. The average molecular weight is 216 g/mol. The fourth-order valence-corrected chi connectivity index (χ4v) is 1.47. The molecule has 4 nitrogen and oxygen atoms in total. The molecule has 0 fully saturated rings. The van der Waals surface area contributed by atoms with Crippen molar-refractivity contribution in [3.05, 3.63) is 41.7 Å². The Morgan fingerprint density at radius 1 is 1.25 bits per heavy atom. The number of aromatic nitrogens is 4. The molecular weight excluding hydrogens is 200 g/mol. The Morgan fingerprint density at radius 3 is 2.75 bits per heavy atom. The number of hydrogen-bond acceptors (Lipinski definition) is 3. The lowest BCUT2D eigenvalue weighted by atomic mass is 10.2. The van der Waals surface area contributed by atoms with Crippen LogP contribution >= 0.6 is 0 Å². The van der Waals surface area contributed by atoms with E-state index in [1.165, 1.54) is 0 Å². The van der Waals surface area contributed by atoms with Gasteiger partial charge in [-0.1, -0.05) is 19.9 Å². The first-order chi connectivity index (χ1) is 7.75. The minimum Gasteiger partial charge on any atom is -0.263 e. The number of aromatic amines is 1. The van der Waals surface area contributed by atoms with Crippen molar-refractivity contribution in [2.24, 2.45) is 0 Å². The lowest BCUT2D eigenvalue weighted by Gasteiger charge is -1.97. The van der Waals surface area contributed by atoms with Crippen molar-refractivity contribution in [2.45, 2.75) is 32.6 Å². The second-order valence-corrected chi connectivity index (χ2v) is 4.12. The molecule has 2 aromatic heterocycles. The van der Waals surface area contributed by atoms with Crippen molar-refractivity contribution in [3.8, 4) is 0 Å². The number of rotatable bonds is 4. The minimum atomic E-state index is 0.375. The number of nitrogens with zero attached hydrogens (tertiary/aromatic N) is 3. The highest BCUT2D eigenvalue weighted by Crippen LogP contribution is 2.08. The Bertz CT molecular complexity index is 433. The van der Waals surface area contributed by atoms with E-state index < -0.39 is 0 Å². The fourth-order valence-electron chi connectivity index (χ4n) is 1.47. The molecule has 2 heterocycles. The molecule has 0 bridgehead atoms. The smallest absolute Gasteiger partial charge is 0.153 e. The van der Waals surface area contributed by atoms with E-state index in [0.29, 0.717) is 5.92 Å². The van der Waals surface area contributed by atoms with Crippen molar-refractivity contribution >= 4 is 0 Å². The Labute approximate surface area is 95.1 Å². The lowest BCUT2D eigenvalue weighted by molar-refractivity contribution is 0.779. The van der Waals surface area contributed by atoms with Crippen LogP contribution in [0.3, 0.4) is 0 Å². The summed E-state index contributed by atoms with van der Waals surface area (Å²) in [7, 11) is 0. The molecule has 0 spiro atoms. The quantitative estimate of drug-likeness (QED) is 0.851. The van der Waals surface area contributed by atoms with E-state index in [0.717, 1.165) is 30.2 Å². The molecule has 0 unspecified atom stereocenters. The van der Waals surface area contributed by atoms with Crippen LogP contribution in [0, 0.1) is 0 Å². The van der Waals surface area contributed by atoms with Crippen LogP contribution in [0.4, 0.5) is 0 Å². The summed E-state index contributed by atoms with van der Waals surface area (Å²) in [5, 5.41) is 7.14. The molecule has 0 aliphatic carbocycles. The molecule has 0 aliphatic rings. The predicted molar refractivity (Wildman–Crippen MR) is 62.1 cm³/mol. The van der Waals surface area contributed by atoms with Crippen LogP contribution in [0.1, 0.15) is 37.1 Å². The van der Waals surface area contributed by atoms with Gasteiger partial charge in [0.25, 0.3) is 0 Å². The summed E-state index contributed by atoms with van der Waals surface area (Å²) < 4.78 is 0. The molecule has 0 saturated heterocycles. The van der Waals surface area contributed by atoms with Gasteiger partial charge in [0, 0.05) is 24.2 Å². The topological polar surface area (TPSA) is 54.5 Å². The normalized spacial score (nSPS) is 10.9. The maximum absolute atomic E-state index is 4.43. The molecule has 2 rings (SSSR count). The van der Waals surface area contributed by atoms with E-state index in [1.807, 2.05) is 24.4 Å². The van der Waals surface area contributed by atoms with Crippen molar-refractivity contribution in [1.82, 2.24) is 20.2 Å². The maximum Gasteiger partial charge on any atom is 0.153 e. The molecule has 16 heavy (non-hydrogen) atoms. The first-order valence-electron chi connectivity index (χ1n) is 5.57. The Morgan fingerprint density at radius 2 is 2.12 bits per heavy atom. The van der Waals surface area contributed by atoms with Crippen LogP contribution in [0.25, 0.3) is 0 Å². The first-order valence-corrected chi connectivity index (χ1v) is 5.57. The molecule has 4 heteroatoms. The van der Waals surface area contributed by atoms with Gasteiger partial charge < -0.3 is 0 Å². The van der Waals surface area contributed by atoms with Crippen molar-refractivity contribution in [2.75, 3.05) is 0 Å². The molecule has 0 amide bonds. The van der Waals surface area contributed by atoms with E-state index in [-0.39, 0.29) is 0 Å². The lowest BCUT2D eigenvalue weighted by Crippen LogP contribution is -1.96. The van der Waals surface area contributed by atoms with Gasteiger partial charge >= 0.3 is 0 Å². The fraction of sp³-hybridized carbons (Fsp3) is 0.417. The Kier molecular flexibility index (Phi) is 3.29. The van der Waals surface area contributed by atoms with Gasteiger partial charge in [-0.15, -0.1) is 0 Å². The first kappa shape index (κ1) is 10.8. The zero-order valence-electron chi connectivity index (χ0n) is 9.64. The van der Waals surface area contributed by atoms with Crippen molar-refractivity contribution in [3.63, 3.8) is 0 Å².